The molecule has 2 fully saturated rings. The molecule has 7 heteroatoms. The average molecular weight is 375 g/mol. The number of pyridine rings is 1. The van der Waals surface area contributed by atoms with Crippen LogP contribution in [0.25, 0.3) is 0 Å². The third-order valence-corrected chi connectivity index (χ3v) is 4.69. The summed E-state index contributed by atoms with van der Waals surface area (Å²) in [5.41, 5.74) is 0.717. The SMILES string of the molecule is Cl.Cl.O=C(NCCC1CCNC1)c1cccnc1N1CCCCC1. The lowest BCUT2D eigenvalue weighted by Crippen LogP contribution is -2.34. The van der Waals surface area contributed by atoms with Crippen LogP contribution in [-0.2, 0) is 0 Å². The summed E-state index contributed by atoms with van der Waals surface area (Å²) in [4.78, 5) is 19.2. The number of rotatable bonds is 5. The number of carbonyl (C=O) groups excluding carboxylic acids is 1. The van der Waals surface area contributed by atoms with E-state index in [1.54, 1.807) is 6.20 Å². The third kappa shape index (κ3) is 5.50. The minimum absolute atomic E-state index is 0. The van der Waals surface area contributed by atoms with Gasteiger partial charge in [-0.05, 0) is 63.2 Å². The third-order valence-electron chi connectivity index (χ3n) is 4.69. The first-order valence-corrected chi connectivity index (χ1v) is 8.53. The Balaban J connectivity index is 0.00000144. The first-order valence-electron chi connectivity index (χ1n) is 8.53. The number of nitrogens with zero attached hydrogens (tertiary/aromatic N) is 2. The smallest absolute Gasteiger partial charge is 0.255 e. The van der Waals surface area contributed by atoms with Gasteiger partial charge in [0.05, 0.1) is 5.56 Å². The number of halogens is 2. The van der Waals surface area contributed by atoms with Gasteiger partial charge in [-0.25, -0.2) is 4.98 Å². The molecular formula is C17H28Cl2N4O. The second-order valence-electron chi connectivity index (χ2n) is 6.33. The summed E-state index contributed by atoms with van der Waals surface area (Å²) >= 11 is 0. The molecule has 1 amide bonds. The molecule has 2 saturated heterocycles. The molecular weight excluding hydrogens is 347 g/mol. The number of aromatic nitrogens is 1. The Morgan fingerprint density at radius 2 is 2.08 bits per heavy atom. The van der Waals surface area contributed by atoms with Gasteiger partial charge >= 0.3 is 0 Å². The second kappa shape index (κ2) is 10.7. The van der Waals surface area contributed by atoms with Gasteiger partial charge in [0.1, 0.15) is 5.82 Å². The zero-order chi connectivity index (χ0) is 15.2. The van der Waals surface area contributed by atoms with Gasteiger partial charge in [-0.3, -0.25) is 4.79 Å². The van der Waals surface area contributed by atoms with E-state index in [1.807, 2.05) is 12.1 Å². The number of piperidine rings is 1. The lowest BCUT2D eigenvalue weighted by molar-refractivity contribution is 0.0951. The largest absolute Gasteiger partial charge is 0.356 e. The Hall–Kier alpha value is -1.04. The summed E-state index contributed by atoms with van der Waals surface area (Å²) in [5.74, 6) is 1.57. The van der Waals surface area contributed by atoms with Gasteiger partial charge in [0, 0.05) is 25.8 Å². The van der Waals surface area contributed by atoms with E-state index in [-0.39, 0.29) is 30.7 Å². The normalized spacial score (nSPS) is 20.0. The van der Waals surface area contributed by atoms with Crippen molar-refractivity contribution in [3.8, 4) is 0 Å². The lowest BCUT2D eigenvalue weighted by atomic mass is 10.1. The van der Waals surface area contributed by atoms with E-state index in [0.717, 1.165) is 45.0 Å². The Morgan fingerprint density at radius 3 is 2.79 bits per heavy atom. The first-order chi connectivity index (χ1) is 10.8. The van der Waals surface area contributed by atoms with Crippen LogP contribution in [0.3, 0.4) is 0 Å². The molecule has 0 spiro atoms. The zero-order valence-electron chi connectivity index (χ0n) is 14.0. The van der Waals surface area contributed by atoms with Gasteiger partial charge in [-0.15, -0.1) is 24.8 Å². The predicted octanol–water partition coefficient (Wildman–Crippen LogP) is 2.64. The van der Waals surface area contributed by atoms with Crippen LogP contribution in [0, 0.1) is 5.92 Å². The van der Waals surface area contributed by atoms with Crippen molar-refractivity contribution in [2.45, 2.75) is 32.1 Å². The molecule has 3 rings (SSSR count). The summed E-state index contributed by atoms with van der Waals surface area (Å²) in [6.07, 6.45) is 7.71. The van der Waals surface area contributed by atoms with Crippen molar-refractivity contribution in [3.63, 3.8) is 0 Å². The Labute approximate surface area is 156 Å². The van der Waals surface area contributed by atoms with E-state index in [9.17, 15) is 4.79 Å². The van der Waals surface area contributed by atoms with Crippen LogP contribution in [-0.4, -0.2) is 43.6 Å². The number of nitrogens with one attached hydrogen (secondary N) is 2. The number of hydrogen-bond acceptors (Lipinski definition) is 4. The van der Waals surface area contributed by atoms with E-state index in [4.69, 9.17) is 0 Å². The topological polar surface area (TPSA) is 57.3 Å². The van der Waals surface area contributed by atoms with Crippen molar-refractivity contribution in [2.75, 3.05) is 37.6 Å². The summed E-state index contributed by atoms with van der Waals surface area (Å²) in [6.45, 7) is 4.96. The highest BCUT2D eigenvalue weighted by Crippen LogP contribution is 2.21. The molecule has 3 heterocycles. The van der Waals surface area contributed by atoms with Crippen molar-refractivity contribution in [3.05, 3.63) is 23.9 Å². The molecule has 1 aromatic heterocycles. The Bertz CT molecular complexity index is 503. The quantitative estimate of drug-likeness (QED) is 0.831. The zero-order valence-corrected chi connectivity index (χ0v) is 15.6. The van der Waals surface area contributed by atoms with E-state index in [1.165, 1.54) is 25.7 Å². The van der Waals surface area contributed by atoms with E-state index >= 15 is 0 Å². The molecule has 0 radical (unpaired) electrons. The molecule has 0 aliphatic carbocycles. The molecule has 0 bridgehead atoms. The number of carbonyl (C=O) groups is 1. The van der Waals surface area contributed by atoms with Crippen LogP contribution in [0.1, 0.15) is 42.5 Å². The number of anilines is 1. The molecule has 2 aliphatic heterocycles. The van der Waals surface area contributed by atoms with Gasteiger partial charge in [0.2, 0.25) is 0 Å². The maximum atomic E-state index is 12.5. The minimum Gasteiger partial charge on any atom is -0.356 e. The van der Waals surface area contributed by atoms with Crippen molar-refractivity contribution >= 4 is 36.5 Å². The van der Waals surface area contributed by atoms with Crippen molar-refractivity contribution in [2.24, 2.45) is 5.92 Å². The molecule has 24 heavy (non-hydrogen) atoms. The van der Waals surface area contributed by atoms with Gasteiger partial charge < -0.3 is 15.5 Å². The molecule has 2 aliphatic rings. The molecule has 5 nitrogen and oxygen atoms in total. The van der Waals surface area contributed by atoms with E-state index in [0.29, 0.717) is 11.5 Å². The molecule has 0 aromatic carbocycles. The Morgan fingerprint density at radius 1 is 1.29 bits per heavy atom. The molecule has 0 saturated carbocycles. The predicted molar refractivity (Wildman–Crippen MR) is 103 cm³/mol. The number of hydrogen-bond donors (Lipinski definition) is 2. The average Bonchev–Trinajstić information content (AvgIpc) is 3.09. The van der Waals surface area contributed by atoms with Crippen LogP contribution < -0.4 is 15.5 Å². The highest BCUT2D eigenvalue weighted by molar-refractivity contribution is 5.98. The molecule has 1 aromatic rings. The van der Waals surface area contributed by atoms with Crippen molar-refractivity contribution in [1.82, 2.24) is 15.6 Å². The first kappa shape index (κ1) is 21.0. The van der Waals surface area contributed by atoms with Gasteiger partial charge in [-0.2, -0.15) is 0 Å². The monoisotopic (exact) mass is 374 g/mol. The highest BCUT2D eigenvalue weighted by atomic mass is 35.5. The fraction of sp³-hybridized carbons (Fsp3) is 0.647. The molecule has 1 atom stereocenters. The summed E-state index contributed by atoms with van der Waals surface area (Å²) in [7, 11) is 0. The lowest BCUT2D eigenvalue weighted by Gasteiger charge is -2.29. The van der Waals surface area contributed by atoms with Crippen molar-refractivity contribution < 1.29 is 4.79 Å². The summed E-state index contributed by atoms with van der Waals surface area (Å²) < 4.78 is 0. The van der Waals surface area contributed by atoms with Crippen LogP contribution in [0.2, 0.25) is 0 Å². The van der Waals surface area contributed by atoms with Gasteiger partial charge in [0.15, 0.2) is 0 Å². The molecule has 1 unspecified atom stereocenters. The van der Waals surface area contributed by atoms with E-state index in [2.05, 4.69) is 20.5 Å². The fourth-order valence-corrected chi connectivity index (χ4v) is 3.38. The van der Waals surface area contributed by atoms with Gasteiger partial charge in [-0.1, -0.05) is 0 Å². The summed E-state index contributed by atoms with van der Waals surface area (Å²) in [6, 6.07) is 3.74. The molecule has 2 N–H and O–H groups in total. The fourth-order valence-electron chi connectivity index (χ4n) is 3.38. The highest BCUT2D eigenvalue weighted by Gasteiger charge is 2.20. The standard InChI is InChI=1S/C17H26N4O.2ClH/c22-17(20-10-7-14-6-9-18-13-14)15-5-4-8-19-16(15)21-11-2-1-3-12-21;;/h4-5,8,14,18H,1-3,6-7,9-13H2,(H,20,22);2*1H. The maximum absolute atomic E-state index is 12.5. The minimum atomic E-state index is 0. The number of amides is 1. The van der Waals surface area contributed by atoms with Gasteiger partial charge in [0.25, 0.3) is 5.91 Å². The second-order valence-corrected chi connectivity index (χ2v) is 6.33. The molecule has 136 valence electrons. The van der Waals surface area contributed by atoms with Crippen LogP contribution in [0.15, 0.2) is 18.3 Å². The Kier molecular flexibility index (Phi) is 9.41. The van der Waals surface area contributed by atoms with Crippen LogP contribution in [0.5, 0.6) is 0 Å². The van der Waals surface area contributed by atoms with Crippen LogP contribution in [0.4, 0.5) is 5.82 Å². The summed E-state index contributed by atoms with van der Waals surface area (Å²) in [5, 5.41) is 6.44. The van der Waals surface area contributed by atoms with Crippen LogP contribution >= 0.6 is 24.8 Å². The van der Waals surface area contributed by atoms with E-state index < -0.39 is 0 Å². The maximum Gasteiger partial charge on any atom is 0.255 e. The van der Waals surface area contributed by atoms with Crippen molar-refractivity contribution in [1.29, 1.82) is 0 Å².